The second-order valence-corrected chi connectivity index (χ2v) is 6.11. The molecule has 27 heavy (non-hydrogen) atoms. The van der Waals surface area contributed by atoms with E-state index in [2.05, 4.69) is 10.3 Å². The van der Waals surface area contributed by atoms with Gasteiger partial charge in [0.1, 0.15) is 5.39 Å². The van der Waals surface area contributed by atoms with Crippen molar-refractivity contribution in [1.29, 1.82) is 0 Å². The van der Waals surface area contributed by atoms with Crippen molar-refractivity contribution in [3.8, 4) is 11.5 Å². The van der Waals surface area contributed by atoms with Gasteiger partial charge in [-0.1, -0.05) is 6.92 Å². The van der Waals surface area contributed by atoms with Gasteiger partial charge in [0.15, 0.2) is 17.1 Å². The van der Waals surface area contributed by atoms with E-state index < -0.39 is 5.69 Å². The summed E-state index contributed by atoms with van der Waals surface area (Å²) < 4.78 is 13.1. The Morgan fingerprint density at radius 3 is 2.41 bits per heavy atom. The van der Waals surface area contributed by atoms with Crippen LogP contribution < -0.4 is 26.0 Å². The van der Waals surface area contributed by atoms with Crippen molar-refractivity contribution >= 4 is 22.4 Å². The smallest absolute Gasteiger partial charge is 0.332 e. The molecule has 0 aliphatic carbocycles. The maximum absolute atomic E-state index is 12.8. The van der Waals surface area contributed by atoms with E-state index in [-0.39, 0.29) is 5.56 Å². The summed E-state index contributed by atoms with van der Waals surface area (Å²) >= 11 is 0. The number of benzene rings is 1. The number of nitrogens with one attached hydrogen (secondary N) is 1. The van der Waals surface area contributed by atoms with Gasteiger partial charge in [-0.25, -0.2) is 9.78 Å². The van der Waals surface area contributed by atoms with E-state index in [1.807, 2.05) is 13.0 Å². The summed E-state index contributed by atoms with van der Waals surface area (Å²) in [5.74, 6) is 1.18. The van der Waals surface area contributed by atoms with E-state index in [1.165, 1.54) is 11.6 Å². The first-order valence-corrected chi connectivity index (χ1v) is 8.49. The van der Waals surface area contributed by atoms with Crippen LogP contribution in [0.2, 0.25) is 0 Å². The number of hydrogen-bond donors (Lipinski definition) is 1. The van der Waals surface area contributed by atoms with Crippen molar-refractivity contribution in [3.63, 3.8) is 0 Å². The van der Waals surface area contributed by atoms with Crippen LogP contribution in [0.1, 0.15) is 12.5 Å². The Balaban J connectivity index is 2.28. The molecule has 0 unspecified atom stereocenters. The van der Waals surface area contributed by atoms with Crippen LogP contribution in [0.4, 0.5) is 11.4 Å². The summed E-state index contributed by atoms with van der Waals surface area (Å²) in [5.41, 5.74) is 1.76. The third-order valence-electron chi connectivity index (χ3n) is 4.58. The maximum atomic E-state index is 12.8. The normalized spacial score (nSPS) is 10.9. The number of pyridine rings is 1. The number of nitrogens with zero attached hydrogens (tertiary/aromatic N) is 3. The van der Waals surface area contributed by atoms with Gasteiger partial charge in [0, 0.05) is 32.0 Å². The van der Waals surface area contributed by atoms with Crippen LogP contribution in [-0.4, -0.2) is 28.3 Å². The van der Waals surface area contributed by atoms with Crippen molar-refractivity contribution in [2.24, 2.45) is 14.1 Å². The number of anilines is 2. The Morgan fingerprint density at radius 2 is 1.78 bits per heavy atom. The monoisotopic (exact) mass is 370 g/mol. The molecule has 0 spiro atoms. The maximum Gasteiger partial charge on any atom is 0.332 e. The Labute approximate surface area is 156 Å². The SMILES string of the molecule is CCc1cnc2c(c1Nc1ccc(OC)c(OC)c1)c(=O)n(C)c(=O)n2C. The Kier molecular flexibility index (Phi) is 4.89. The predicted octanol–water partition coefficient (Wildman–Crippen LogP) is 1.96. The summed E-state index contributed by atoms with van der Waals surface area (Å²) in [6.45, 7) is 1.98. The van der Waals surface area contributed by atoms with E-state index in [4.69, 9.17) is 9.47 Å². The lowest BCUT2D eigenvalue weighted by Gasteiger charge is -2.16. The van der Waals surface area contributed by atoms with Crippen molar-refractivity contribution < 1.29 is 9.47 Å². The molecule has 1 aromatic carbocycles. The molecule has 3 rings (SSSR count). The molecule has 0 saturated carbocycles. The van der Waals surface area contributed by atoms with Crippen molar-refractivity contribution in [1.82, 2.24) is 14.1 Å². The van der Waals surface area contributed by atoms with E-state index in [1.54, 1.807) is 39.6 Å². The molecule has 0 bridgehead atoms. The van der Waals surface area contributed by atoms with Crippen molar-refractivity contribution in [2.45, 2.75) is 13.3 Å². The fourth-order valence-electron chi connectivity index (χ4n) is 3.04. The second kappa shape index (κ2) is 7.14. The number of hydrogen-bond acceptors (Lipinski definition) is 6. The van der Waals surface area contributed by atoms with Gasteiger partial charge in [-0.2, -0.15) is 0 Å². The first kappa shape index (κ1) is 18.5. The lowest BCUT2D eigenvalue weighted by Crippen LogP contribution is -2.37. The minimum absolute atomic E-state index is 0.336. The predicted molar refractivity (Wildman–Crippen MR) is 104 cm³/mol. The molecule has 0 saturated heterocycles. The molecule has 3 aromatic rings. The van der Waals surface area contributed by atoms with Crippen LogP contribution in [0.15, 0.2) is 34.0 Å². The number of aromatic nitrogens is 3. The molecule has 8 nitrogen and oxygen atoms in total. The quantitative estimate of drug-likeness (QED) is 0.739. The van der Waals surface area contributed by atoms with Crippen LogP contribution in [0.5, 0.6) is 11.5 Å². The van der Waals surface area contributed by atoms with Gasteiger partial charge in [0.2, 0.25) is 0 Å². The molecule has 0 amide bonds. The van der Waals surface area contributed by atoms with Crippen molar-refractivity contribution in [3.05, 3.63) is 50.8 Å². The summed E-state index contributed by atoms with van der Waals surface area (Å²) in [6.07, 6.45) is 2.36. The fourth-order valence-corrected chi connectivity index (χ4v) is 3.04. The first-order valence-electron chi connectivity index (χ1n) is 8.49. The lowest BCUT2D eigenvalue weighted by molar-refractivity contribution is 0.355. The molecule has 0 aliphatic heterocycles. The zero-order valence-electron chi connectivity index (χ0n) is 16.0. The largest absolute Gasteiger partial charge is 0.493 e. The third kappa shape index (κ3) is 3.03. The number of rotatable bonds is 5. The highest BCUT2D eigenvalue weighted by Crippen LogP contribution is 2.33. The van der Waals surface area contributed by atoms with Gasteiger partial charge in [-0.3, -0.25) is 13.9 Å². The van der Waals surface area contributed by atoms with Crippen LogP contribution in [0.3, 0.4) is 0 Å². The summed E-state index contributed by atoms with van der Waals surface area (Å²) in [5, 5.41) is 3.67. The van der Waals surface area contributed by atoms with Gasteiger partial charge in [-0.15, -0.1) is 0 Å². The molecule has 0 fully saturated rings. The van der Waals surface area contributed by atoms with Crippen LogP contribution in [-0.2, 0) is 20.5 Å². The van der Waals surface area contributed by atoms with Gasteiger partial charge < -0.3 is 14.8 Å². The minimum Gasteiger partial charge on any atom is -0.493 e. The molecule has 142 valence electrons. The Bertz CT molecular complexity index is 1130. The molecule has 0 radical (unpaired) electrons. The standard InChI is InChI=1S/C19H22N4O4/c1-6-11-10-20-17-15(18(24)23(3)19(25)22(17)2)16(11)21-12-7-8-13(26-4)14(9-12)27-5/h7-10H,6H2,1-5H3,(H,20,21). The van der Waals surface area contributed by atoms with E-state index in [0.29, 0.717) is 34.6 Å². The highest BCUT2D eigenvalue weighted by atomic mass is 16.5. The zero-order chi connectivity index (χ0) is 19.7. The Morgan fingerprint density at radius 1 is 1.07 bits per heavy atom. The number of ether oxygens (including phenoxy) is 2. The molecular formula is C19H22N4O4. The average molecular weight is 370 g/mol. The second-order valence-electron chi connectivity index (χ2n) is 6.11. The van der Waals surface area contributed by atoms with E-state index in [0.717, 1.165) is 15.8 Å². The summed E-state index contributed by atoms with van der Waals surface area (Å²) in [6, 6.07) is 5.40. The Hall–Kier alpha value is -3.29. The zero-order valence-corrected chi connectivity index (χ0v) is 16.0. The van der Waals surface area contributed by atoms with E-state index >= 15 is 0 Å². The van der Waals surface area contributed by atoms with Crippen LogP contribution in [0.25, 0.3) is 11.0 Å². The minimum atomic E-state index is -0.415. The fraction of sp³-hybridized carbons (Fsp3) is 0.316. The molecule has 2 heterocycles. The lowest BCUT2D eigenvalue weighted by atomic mass is 10.1. The molecular weight excluding hydrogens is 348 g/mol. The molecule has 8 heteroatoms. The molecule has 1 N–H and O–H groups in total. The number of aryl methyl sites for hydroxylation is 2. The highest BCUT2D eigenvalue weighted by molar-refractivity contribution is 5.92. The molecule has 2 aromatic heterocycles. The van der Waals surface area contributed by atoms with Gasteiger partial charge in [0.25, 0.3) is 5.56 Å². The molecule has 0 atom stereocenters. The van der Waals surface area contributed by atoms with Crippen LogP contribution in [0, 0.1) is 0 Å². The van der Waals surface area contributed by atoms with Crippen LogP contribution >= 0.6 is 0 Å². The average Bonchev–Trinajstić information content (AvgIpc) is 2.70. The number of methoxy groups -OCH3 is 2. The van der Waals surface area contributed by atoms with Gasteiger partial charge >= 0.3 is 5.69 Å². The van der Waals surface area contributed by atoms with Gasteiger partial charge in [-0.05, 0) is 24.1 Å². The highest BCUT2D eigenvalue weighted by Gasteiger charge is 2.17. The third-order valence-corrected chi connectivity index (χ3v) is 4.58. The van der Waals surface area contributed by atoms with Crippen molar-refractivity contribution in [2.75, 3.05) is 19.5 Å². The van der Waals surface area contributed by atoms with Gasteiger partial charge in [0.05, 0.1) is 19.9 Å². The first-order chi connectivity index (χ1) is 12.9. The summed E-state index contributed by atoms with van der Waals surface area (Å²) in [7, 11) is 6.19. The number of fused-ring (bicyclic) bond motifs is 1. The topological polar surface area (TPSA) is 87.4 Å². The van der Waals surface area contributed by atoms with E-state index in [9.17, 15) is 9.59 Å². The summed E-state index contributed by atoms with van der Waals surface area (Å²) in [4.78, 5) is 29.4. The molecule has 0 aliphatic rings.